The largest absolute Gasteiger partial charge is 0.480 e. The van der Waals surface area contributed by atoms with Gasteiger partial charge in [0.05, 0.1) is 15.7 Å². The molecule has 94 valence electrons. The fourth-order valence-corrected chi connectivity index (χ4v) is 2.36. The van der Waals surface area contributed by atoms with Gasteiger partial charge in [-0.2, -0.15) is 0 Å². The first-order chi connectivity index (χ1) is 7.95. The molecule has 0 unspecified atom stereocenters. The van der Waals surface area contributed by atoms with Gasteiger partial charge < -0.3 is 15.1 Å². The van der Waals surface area contributed by atoms with Crippen LogP contribution in [0.5, 0.6) is 0 Å². The van der Waals surface area contributed by atoms with E-state index >= 15 is 0 Å². The van der Waals surface area contributed by atoms with Crippen molar-refractivity contribution in [3.8, 4) is 0 Å². The van der Waals surface area contributed by atoms with Gasteiger partial charge in [-0.05, 0) is 24.1 Å². The zero-order chi connectivity index (χ0) is 13.0. The molecule has 1 aromatic carbocycles. The molecule has 0 amide bonds. The number of halogens is 2. The summed E-state index contributed by atoms with van der Waals surface area (Å²) in [6.45, 7) is -0.171. The van der Waals surface area contributed by atoms with Crippen LogP contribution in [0.1, 0.15) is 5.56 Å². The number of hydrogen-bond acceptors (Lipinski definition) is 3. The van der Waals surface area contributed by atoms with E-state index in [1.54, 1.807) is 19.2 Å². The summed E-state index contributed by atoms with van der Waals surface area (Å²) in [5.74, 6) is -0.959. The maximum atomic E-state index is 10.6. The average molecular weight is 278 g/mol. The third-order valence-electron chi connectivity index (χ3n) is 2.23. The van der Waals surface area contributed by atoms with Crippen LogP contribution in [0.2, 0.25) is 10.0 Å². The van der Waals surface area contributed by atoms with E-state index in [0.717, 1.165) is 5.56 Å². The summed E-state index contributed by atoms with van der Waals surface area (Å²) < 4.78 is 0. The Bertz CT molecular complexity index is 400. The predicted octanol–water partition coefficient (Wildman–Crippen LogP) is 2.05. The molecule has 6 heteroatoms. The van der Waals surface area contributed by atoms with Crippen LogP contribution in [0.4, 0.5) is 5.69 Å². The molecule has 0 atom stereocenters. The molecule has 1 aromatic rings. The maximum absolute atomic E-state index is 10.6. The lowest BCUT2D eigenvalue weighted by Gasteiger charge is -2.20. The van der Waals surface area contributed by atoms with E-state index in [9.17, 15) is 4.79 Å². The Morgan fingerprint density at radius 3 is 2.29 bits per heavy atom. The third kappa shape index (κ3) is 3.77. The average Bonchev–Trinajstić information content (AvgIpc) is 2.15. The molecule has 17 heavy (non-hydrogen) atoms. The highest BCUT2D eigenvalue weighted by Crippen LogP contribution is 2.34. The topological polar surface area (TPSA) is 60.8 Å². The van der Waals surface area contributed by atoms with E-state index in [1.807, 2.05) is 0 Å². The van der Waals surface area contributed by atoms with Crippen LogP contribution < -0.4 is 4.90 Å². The molecule has 2 N–H and O–H groups in total. The lowest BCUT2D eigenvalue weighted by molar-refractivity contribution is -0.135. The number of aliphatic carboxylic acids is 1. The fraction of sp³-hybridized carbons (Fsp3) is 0.364. The van der Waals surface area contributed by atoms with Gasteiger partial charge in [-0.15, -0.1) is 0 Å². The van der Waals surface area contributed by atoms with Crippen LogP contribution in [0.25, 0.3) is 0 Å². The first-order valence-corrected chi connectivity index (χ1v) is 5.73. The summed E-state index contributed by atoms with van der Waals surface area (Å²) >= 11 is 12.1. The number of rotatable bonds is 5. The van der Waals surface area contributed by atoms with Crippen molar-refractivity contribution < 1.29 is 15.0 Å². The minimum absolute atomic E-state index is 0.0109. The highest BCUT2D eigenvalue weighted by Gasteiger charge is 2.14. The van der Waals surface area contributed by atoms with Gasteiger partial charge in [-0.3, -0.25) is 4.79 Å². The van der Waals surface area contributed by atoms with E-state index in [-0.39, 0.29) is 13.2 Å². The first kappa shape index (κ1) is 14.1. The monoisotopic (exact) mass is 277 g/mol. The van der Waals surface area contributed by atoms with E-state index in [4.69, 9.17) is 33.4 Å². The first-order valence-electron chi connectivity index (χ1n) is 4.97. The molecular weight excluding hydrogens is 265 g/mol. The van der Waals surface area contributed by atoms with Crippen molar-refractivity contribution in [3.05, 3.63) is 27.7 Å². The van der Waals surface area contributed by atoms with Crippen molar-refractivity contribution in [3.63, 3.8) is 0 Å². The van der Waals surface area contributed by atoms with Crippen molar-refractivity contribution in [2.24, 2.45) is 0 Å². The Balaban J connectivity index is 3.04. The Morgan fingerprint density at radius 1 is 1.35 bits per heavy atom. The van der Waals surface area contributed by atoms with Crippen molar-refractivity contribution in [2.45, 2.75) is 6.42 Å². The van der Waals surface area contributed by atoms with Gasteiger partial charge in [-0.25, -0.2) is 0 Å². The number of benzene rings is 1. The van der Waals surface area contributed by atoms with Crippen molar-refractivity contribution in [2.75, 3.05) is 25.1 Å². The van der Waals surface area contributed by atoms with Crippen molar-refractivity contribution >= 4 is 34.9 Å². The van der Waals surface area contributed by atoms with E-state index in [0.29, 0.717) is 22.2 Å². The highest BCUT2D eigenvalue weighted by atomic mass is 35.5. The number of hydrogen-bond donors (Lipinski definition) is 2. The van der Waals surface area contributed by atoms with Gasteiger partial charge in [0.1, 0.15) is 6.54 Å². The molecule has 0 aliphatic carbocycles. The molecule has 0 saturated heterocycles. The number of nitrogens with zero attached hydrogens (tertiary/aromatic N) is 1. The summed E-state index contributed by atoms with van der Waals surface area (Å²) in [5, 5.41) is 18.3. The van der Waals surface area contributed by atoms with Crippen LogP contribution in [-0.4, -0.2) is 36.4 Å². The van der Waals surface area contributed by atoms with Crippen LogP contribution in [0, 0.1) is 0 Å². The summed E-state index contributed by atoms with van der Waals surface area (Å²) in [6, 6.07) is 3.36. The van der Waals surface area contributed by atoms with Crippen molar-refractivity contribution in [1.29, 1.82) is 0 Å². The number of likely N-dealkylation sites (N-methyl/N-ethyl adjacent to an activating group) is 1. The summed E-state index contributed by atoms with van der Waals surface area (Å²) in [5.41, 5.74) is 1.30. The lowest BCUT2D eigenvalue weighted by atomic mass is 10.1. The third-order valence-corrected chi connectivity index (χ3v) is 2.81. The maximum Gasteiger partial charge on any atom is 0.323 e. The SMILES string of the molecule is CN(CC(=O)O)c1c(Cl)cc(CCO)cc1Cl. The number of aliphatic hydroxyl groups excluding tert-OH is 1. The molecular formula is C11H13Cl2NO3. The Hall–Kier alpha value is -0.970. The van der Waals surface area contributed by atoms with Gasteiger partial charge in [0.2, 0.25) is 0 Å². The second-order valence-corrected chi connectivity index (χ2v) is 4.45. The number of carbonyl (C=O) groups is 1. The number of aliphatic hydroxyl groups is 1. The van der Waals surface area contributed by atoms with Gasteiger partial charge in [-0.1, -0.05) is 23.2 Å². The van der Waals surface area contributed by atoms with Crippen molar-refractivity contribution in [1.82, 2.24) is 0 Å². The normalized spacial score (nSPS) is 10.4. The van der Waals surface area contributed by atoms with Gasteiger partial charge in [0, 0.05) is 13.7 Å². The molecule has 1 rings (SSSR count). The lowest BCUT2D eigenvalue weighted by Crippen LogP contribution is -2.25. The van der Waals surface area contributed by atoms with Crippen LogP contribution in [0.3, 0.4) is 0 Å². The molecule has 0 radical (unpaired) electrons. The zero-order valence-electron chi connectivity index (χ0n) is 9.28. The number of carboxylic acids is 1. The van der Waals surface area contributed by atoms with Crippen LogP contribution >= 0.6 is 23.2 Å². The van der Waals surface area contributed by atoms with Gasteiger partial charge in [0.25, 0.3) is 0 Å². The Morgan fingerprint density at radius 2 is 1.88 bits per heavy atom. The second-order valence-electron chi connectivity index (χ2n) is 3.63. The van der Waals surface area contributed by atoms with Crippen LogP contribution in [0.15, 0.2) is 12.1 Å². The molecule has 0 bridgehead atoms. The van der Waals surface area contributed by atoms with Gasteiger partial charge in [0.15, 0.2) is 0 Å². The Labute approximate surface area is 109 Å². The molecule has 0 aromatic heterocycles. The molecule has 0 aliphatic heterocycles. The molecule has 0 heterocycles. The molecule has 4 nitrogen and oxygen atoms in total. The summed E-state index contributed by atoms with van der Waals surface area (Å²) in [4.78, 5) is 12.1. The fourth-order valence-electron chi connectivity index (χ4n) is 1.54. The molecule has 0 saturated carbocycles. The van der Waals surface area contributed by atoms with E-state index in [2.05, 4.69) is 0 Å². The van der Waals surface area contributed by atoms with Crippen LogP contribution in [-0.2, 0) is 11.2 Å². The second kappa shape index (κ2) is 6.10. The molecule has 0 aliphatic rings. The molecule has 0 spiro atoms. The number of carboxylic acid groups (broad SMARTS) is 1. The highest BCUT2D eigenvalue weighted by molar-refractivity contribution is 6.39. The van der Waals surface area contributed by atoms with E-state index < -0.39 is 5.97 Å². The summed E-state index contributed by atoms with van der Waals surface area (Å²) in [6.07, 6.45) is 0.461. The standard InChI is InChI=1S/C11H13Cl2NO3/c1-14(6-10(16)17)11-8(12)4-7(2-3-15)5-9(11)13/h4-5,15H,2-3,6H2,1H3,(H,16,17). The number of anilines is 1. The smallest absolute Gasteiger partial charge is 0.323 e. The van der Waals surface area contributed by atoms with Gasteiger partial charge >= 0.3 is 5.97 Å². The quantitative estimate of drug-likeness (QED) is 0.865. The predicted molar refractivity (Wildman–Crippen MR) is 68.2 cm³/mol. The minimum atomic E-state index is -0.959. The molecule has 0 fully saturated rings. The zero-order valence-corrected chi connectivity index (χ0v) is 10.8. The van der Waals surface area contributed by atoms with E-state index in [1.165, 1.54) is 4.90 Å². The minimum Gasteiger partial charge on any atom is -0.480 e. The Kier molecular flexibility index (Phi) is 5.05. The summed E-state index contributed by atoms with van der Waals surface area (Å²) in [7, 11) is 1.60.